The van der Waals surface area contributed by atoms with Gasteiger partial charge in [0.05, 0.1) is 6.20 Å². The molecule has 5 heteroatoms. The van der Waals surface area contributed by atoms with Crippen LogP contribution < -0.4 is 15.4 Å². The number of hydrogen-bond acceptors (Lipinski definition) is 4. The van der Waals surface area contributed by atoms with Crippen molar-refractivity contribution < 1.29 is 9.53 Å². The zero-order chi connectivity index (χ0) is 17.3. The van der Waals surface area contributed by atoms with E-state index in [9.17, 15) is 4.79 Å². The molecule has 2 fully saturated rings. The third kappa shape index (κ3) is 3.37. The minimum Gasteiger partial charge on any atom is -0.455 e. The maximum Gasteiger partial charge on any atom is 0.228 e. The monoisotopic (exact) mass is 337 g/mol. The number of pyridine rings is 1. The lowest BCUT2D eigenvalue weighted by atomic mass is 9.92. The number of piperidine rings is 1. The van der Waals surface area contributed by atoms with Crippen molar-refractivity contribution in [1.82, 2.24) is 10.3 Å². The number of carbonyl (C=O) groups is 1. The Balaban J connectivity index is 1.40. The first-order chi connectivity index (χ1) is 12.2. The Bertz CT molecular complexity index is 770. The molecule has 2 heterocycles. The summed E-state index contributed by atoms with van der Waals surface area (Å²) in [6.07, 6.45) is 6.65. The zero-order valence-electron chi connectivity index (χ0n) is 14.4. The van der Waals surface area contributed by atoms with Gasteiger partial charge in [0, 0.05) is 17.8 Å². The molecule has 130 valence electrons. The van der Waals surface area contributed by atoms with Crippen molar-refractivity contribution in [2.24, 2.45) is 11.3 Å². The van der Waals surface area contributed by atoms with E-state index in [4.69, 9.17) is 4.74 Å². The van der Waals surface area contributed by atoms with E-state index in [1.54, 1.807) is 12.4 Å². The van der Waals surface area contributed by atoms with Crippen molar-refractivity contribution in [2.75, 3.05) is 18.4 Å². The average molecular weight is 337 g/mol. The van der Waals surface area contributed by atoms with Gasteiger partial charge in [-0.25, -0.2) is 0 Å². The summed E-state index contributed by atoms with van der Waals surface area (Å²) >= 11 is 0. The number of nitrogens with one attached hydrogen (secondary N) is 2. The number of benzene rings is 1. The molecule has 1 aromatic carbocycles. The molecule has 1 saturated heterocycles. The van der Waals surface area contributed by atoms with E-state index in [-0.39, 0.29) is 17.2 Å². The summed E-state index contributed by atoms with van der Waals surface area (Å²) in [5.74, 6) is 1.80. The highest BCUT2D eigenvalue weighted by atomic mass is 16.5. The summed E-state index contributed by atoms with van der Waals surface area (Å²) in [5.41, 5.74) is 2.07. The van der Waals surface area contributed by atoms with E-state index in [2.05, 4.69) is 15.6 Å². The van der Waals surface area contributed by atoms with Gasteiger partial charge in [0.15, 0.2) is 0 Å². The van der Waals surface area contributed by atoms with Crippen LogP contribution in [0.1, 0.15) is 24.8 Å². The maximum absolute atomic E-state index is 12.6. The van der Waals surface area contributed by atoms with E-state index in [1.165, 1.54) is 0 Å². The number of carbonyl (C=O) groups excluding carboxylic acids is 1. The van der Waals surface area contributed by atoms with Crippen LogP contribution in [0.4, 0.5) is 5.69 Å². The molecule has 1 atom stereocenters. The van der Waals surface area contributed by atoms with Gasteiger partial charge < -0.3 is 15.4 Å². The van der Waals surface area contributed by atoms with Crippen LogP contribution in [0.2, 0.25) is 0 Å². The predicted octanol–water partition coefficient (Wildman–Crippen LogP) is 3.51. The molecule has 25 heavy (non-hydrogen) atoms. The van der Waals surface area contributed by atoms with Crippen LogP contribution in [-0.4, -0.2) is 24.0 Å². The first-order valence-corrected chi connectivity index (χ1v) is 8.86. The second-order valence-corrected chi connectivity index (χ2v) is 7.13. The van der Waals surface area contributed by atoms with Crippen LogP contribution in [0, 0.1) is 18.3 Å². The topological polar surface area (TPSA) is 63.2 Å². The van der Waals surface area contributed by atoms with Crippen molar-refractivity contribution in [3.63, 3.8) is 0 Å². The van der Waals surface area contributed by atoms with Crippen molar-refractivity contribution >= 4 is 11.6 Å². The molecule has 2 N–H and O–H groups in total. The van der Waals surface area contributed by atoms with Crippen molar-refractivity contribution in [2.45, 2.75) is 26.2 Å². The second kappa shape index (κ2) is 6.48. The van der Waals surface area contributed by atoms with E-state index in [0.29, 0.717) is 5.75 Å². The molecule has 2 aliphatic rings. The Kier molecular flexibility index (Phi) is 4.17. The summed E-state index contributed by atoms with van der Waals surface area (Å²) < 4.78 is 5.84. The van der Waals surface area contributed by atoms with Gasteiger partial charge in [0.25, 0.3) is 0 Å². The van der Waals surface area contributed by atoms with Crippen LogP contribution in [0.3, 0.4) is 0 Å². The highest BCUT2D eigenvalue weighted by Gasteiger charge is 2.57. The lowest BCUT2D eigenvalue weighted by Gasteiger charge is -2.23. The molecule has 2 aromatic rings. The Morgan fingerprint density at radius 1 is 1.32 bits per heavy atom. The number of ether oxygens (including phenoxy) is 1. The Hall–Kier alpha value is -2.40. The molecule has 5 nitrogen and oxygen atoms in total. The number of rotatable bonds is 4. The van der Waals surface area contributed by atoms with Crippen LogP contribution in [0.5, 0.6) is 11.5 Å². The van der Waals surface area contributed by atoms with Crippen molar-refractivity contribution in [3.05, 3.63) is 48.3 Å². The molecule has 1 amide bonds. The summed E-state index contributed by atoms with van der Waals surface area (Å²) in [4.78, 5) is 16.6. The summed E-state index contributed by atoms with van der Waals surface area (Å²) in [6.45, 7) is 4.04. The number of anilines is 1. The Labute approximate surface area is 147 Å². The van der Waals surface area contributed by atoms with Crippen LogP contribution in [-0.2, 0) is 4.79 Å². The molecule has 1 aromatic heterocycles. The van der Waals surface area contributed by atoms with Gasteiger partial charge in [0.1, 0.15) is 11.5 Å². The largest absolute Gasteiger partial charge is 0.455 e. The van der Waals surface area contributed by atoms with Gasteiger partial charge >= 0.3 is 0 Å². The molecular formula is C20H23N3O2. The van der Waals surface area contributed by atoms with Crippen molar-refractivity contribution in [3.8, 4) is 11.5 Å². The maximum atomic E-state index is 12.6. The summed E-state index contributed by atoms with van der Waals surface area (Å²) in [6, 6.07) is 9.46. The molecule has 1 saturated carbocycles. The van der Waals surface area contributed by atoms with Gasteiger partial charge in [-0.15, -0.1) is 0 Å². The quantitative estimate of drug-likeness (QED) is 0.896. The fraction of sp³-hybridized carbons (Fsp3) is 0.400. The molecule has 0 bridgehead atoms. The third-order valence-electron chi connectivity index (χ3n) is 5.41. The van der Waals surface area contributed by atoms with Gasteiger partial charge in [0.2, 0.25) is 5.91 Å². The number of hydrogen-bond donors (Lipinski definition) is 2. The van der Waals surface area contributed by atoms with Gasteiger partial charge in [-0.05, 0) is 80.6 Å². The zero-order valence-corrected chi connectivity index (χ0v) is 14.4. The van der Waals surface area contributed by atoms with E-state index in [1.807, 2.05) is 37.3 Å². The average Bonchev–Trinajstić information content (AvgIpc) is 3.32. The van der Waals surface area contributed by atoms with Crippen LogP contribution in [0.15, 0.2) is 42.7 Å². The van der Waals surface area contributed by atoms with Crippen LogP contribution in [0.25, 0.3) is 0 Å². The van der Waals surface area contributed by atoms with Gasteiger partial charge in [-0.3, -0.25) is 9.78 Å². The molecule has 1 unspecified atom stereocenters. The molecule has 0 radical (unpaired) electrons. The molecule has 1 aliphatic carbocycles. The minimum atomic E-state index is 0.155. The fourth-order valence-corrected chi connectivity index (χ4v) is 3.80. The first kappa shape index (κ1) is 16.1. The minimum absolute atomic E-state index is 0.155. The SMILES string of the molecule is Cc1cc(NC(=O)C2CC23CCNCC3)ccc1Oc1cccnc1. The third-order valence-corrected chi connectivity index (χ3v) is 5.41. The highest BCUT2D eigenvalue weighted by molar-refractivity contribution is 5.95. The number of aromatic nitrogens is 1. The fourth-order valence-electron chi connectivity index (χ4n) is 3.80. The standard InChI is InChI=1S/C20H23N3O2/c1-14-11-15(4-5-18(14)25-16-3-2-8-22-13-16)23-19(24)17-12-20(17)6-9-21-10-7-20/h2-5,8,11,13,17,21H,6-7,9-10,12H2,1H3,(H,23,24). The Morgan fingerprint density at radius 2 is 2.16 bits per heavy atom. The van der Waals surface area contributed by atoms with Gasteiger partial charge in [-0.1, -0.05) is 0 Å². The van der Waals surface area contributed by atoms with E-state index in [0.717, 1.165) is 49.4 Å². The molecule has 4 rings (SSSR count). The van der Waals surface area contributed by atoms with E-state index >= 15 is 0 Å². The smallest absolute Gasteiger partial charge is 0.228 e. The number of aryl methyl sites for hydroxylation is 1. The normalized spacial score (nSPS) is 20.9. The number of nitrogens with zero attached hydrogens (tertiary/aromatic N) is 1. The second-order valence-electron chi connectivity index (χ2n) is 7.13. The molecule has 1 spiro atoms. The lowest BCUT2D eigenvalue weighted by molar-refractivity contribution is -0.118. The molecule has 1 aliphatic heterocycles. The summed E-state index contributed by atoms with van der Waals surface area (Å²) in [5, 5.41) is 6.45. The van der Waals surface area contributed by atoms with Gasteiger partial charge in [-0.2, -0.15) is 0 Å². The Morgan fingerprint density at radius 3 is 2.88 bits per heavy atom. The highest BCUT2D eigenvalue weighted by Crippen LogP contribution is 2.58. The van der Waals surface area contributed by atoms with E-state index < -0.39 is 0 Å². The predicted molar refractivity (Wildman–Crippen MR) is 96.8 cm³/mol. The molecular weight excluding hydrogens is 314 g/mol. The lowest BCUT2D eigenvalue weighted by Crippen LogP contribution is -2.31. The number of amides is 1. The first-order valence-electron chi connectivity index (χ1n) is 8.86. The summed E-state index contributed by atoms with van der Waals surface area (Å²) in [7, 11) is 0. The van der Waals surface area contributed by atoms with Crippen LogP contribution >= 0.6 is 0 Å². The van der Waals surface area contributed by atoms with Crippen molar-refractivity contribution in [1.29, 1.82) is 0 Å².